The van der Waals surface area contributed by atoms with Crippen LogP contribution < -0.4 is 10.6 Å². The third-order valence-corrected chi connectivity index (χ3v) is 4.97. The lowest BCUT2D eigenvalue weighted by molar-refractivity contribution is -0.130. The zero-order valence-corrected chi connectivity index (χ0v) is 12.3. The van der Waals surface area contributed by atoms with Crippen molar-refractivity contribution in [1.82, 2.24) is 10.6 Å². The van der Waals surface area contributed by atoms with Gasteiger partial charge in [0.25, 0.3) is 0 Å². The van der Waals surface area contributed by atoms with Crippen LogP contribution in [-0.2, 0) is 10.2 Å². The molecule has 1 aliphatic heterocycles. The normalized spacial score (nSPS) is 24.1. The number of halogens is 1. The summed E-state index contributed by atoms with van der Waals surface area (Å²) < 4.78 is 13.5. The van der Waals surface area contributed by atoms with Crippen LogP contribution in [0.4, 0.5) is 4.39 Å². The Morgan fingerprint density at radius 1 is 1.38 bits per heavy atom. The van der Waals surface area contributed by atoms with E-state index in [1.54, 1.807) is 6.07 Å². The number of hydrogen-bond donors (Lipinski definition) is 2. The number of carbonyl (C=O) groups is 1. The molecule has 114 valence electrons. The number of amides is 1. The van der Waals surface area contributed by atoms with Crippen LogP contribution in [0.15, 0.2) is 24.3 Å². The Kier molecular flexibility index (Phi) is 4.24. The monoisotopic (exact) mass is 290 g/mol. The molecule has 21 heavy (non-hydrogen) atoms. The van der Waals surface area contributed by atoms with Gasteiger partial charge in [-0.25, -0.2) is 4.39 Å². The molecule has 2 N–H and O–H groups in total. The van der Waals surface area contributed by atoms with Crippen molar-refractivity contribution in [2.75, 3.05) is 19.6 Å². The topological polar surface area (TPSA) is 41.1 Å². The lowest BCUT2D eigenvalue weighted by Crippen LogP contribution is -2.51. The summed E-state index contributed by atoms with van der Waals surface area (Å²) in [5.41, 5.74) is 0.331. The Balaban J connectivity index is 1.66. The smallest absolute Gasteiger partial charge is 0.230 e. The van der Waals surface area contributed by atoms with Crippen LogP contribution in [0.1, 0.15) is 37.7 Å². The summed E-state index contributed by atoms with van der Waals surface area (Å²) in [6.07, 6.45) is 5.03. The highest BCUT2D eigenvalue weighted by atomic mass is 19.1. The summed E-state index contributed by atoms with van der Waals surface area (Å²) in [5, 5.41) is 6.48. The van der Waals surface area contributed by atoms with Crippen molar-refractivity contribution in [3.05, 3.63) is 35.6 Å². The fourth-order valence-electron chi connectivity index (χ4n) is 3.47. The highest BCUT2D eigenvalue weighted by molar-refractivity contribution is 5.89. The number of piperidine rings is 1. The highest BCUT2D eigenvalue weighted by Crippen LogP contribution is 2.44. The van der Waals surface area contributed by atoms with Gasteiger partial charge < -0.3 is 10.6 Å². The molecule has 1 atom stereocenters. The minimum absolute atomic E-state index is 0.0740. The average Bonchev–Trinajstić information content (AvgIpc) is 2.45. The molecule has 1 saturated carbocycles. The SMILES string of the molecule is O=C(NC[C@@H]1CCCNC1)C1(c2cccc(F)c2)CCC1. The Morgan fingerprint density at radius 3 is 2.86 bits per heavy atom. The fourth-order valence-corrected chi connectivity index (χ4v) is 3.47. The molecule has 3 rings (SSSR count). The maximum Gasteiger partial charge on any atom is 0.230 e. The molecular weight excluding hydrogens is 267 g/mol. The van der Waals surface area contributed by atoms with E-state index in [-0.39, 0.29) is 11.7 Å². The number of carbonyl (C=O) groups excluding carboxylic acids is 1. The van der Waals surface area contributed by atoms with Gasteiger partial charge in [-0.15, -0.1) is 0 Å². The molecule has 0 aromatic heterocycles. The molecule has 0 unspecified atom stereocenters. The summed E-state index contributed by atoms with van der Waals surface area (Å²) in [5.74, 6) is 0.334. The van der Waals surface area contributed by atoms with Crippen molar-refractivity contribution >= 4 is 5.91 Å². The number of nitrogens with one attached hydrogen (secondary N) is 2. The molecule has 1 amide bonds. The zero-order chi connectivity index (χ0) is 14.7. The van der Waals surface area contributed by atoms with Gasteiger partial charge in [0.05, 0.1) is 5.41 Å². The lowest BCUT2D eigenvalue weighted by atomic mass is 9.63. The predicted octanol–water partition coefficient (Wildman–Crippen LogP) is 2.36. The molecule has 4 heteroatoms. The summed E-state index contributed by atoms with van der Waals surface area (Å²) in [6, 6.07) is 6.52. The highest BCUT2D eigenvalue weighted by Gasteiger charge is 2.45. The molecule has 0 bridgehead atoms. The summed E-state index contributed by atoms with van der Waals surface area (Å²) in [6.45, 7) is 2.79. The first kappa shape index (κ1) is 14.5. The van der Waals surface area contributed by atoms with E-state index in [9.17, 15) is 9.18 Å². The molecule has 3 nitrogen and oxygen atoms in total. The van der Waals surface area contributed by atoms with Gasteiger partial charge in [-0.05, 0) is 62.4 Å². The Hall–Kier alpha value is -1.42. The lowest BCUT2D eigenvalue weighted by Gasteiger charge is -2.41. The molecule has 1 aromatic rings. The number of benzene rings is 1. The van der Waals surface area contributed by atoms with Crippen molar-refractivity contribution in [3.63, 3.8) is 0 Å². The second kappa shape index (κ2) is 6.14. The van der Waals surface area contributed by atoms with Gasteiger partial charge in [0.2, 0.25) is 5.91 Å². The van der Waals surface area contributed by atoms with E-state index in [1.807, 2.05) is 6.07 Å². The third-order valence-electron chi connectivity index (χ3n) is 4.97. The molecule has 1 saturated heterocycles. The van der Waals surface area contributed by atoms with E-state index >= 15 is 0 Å². The molecule has 0 radical (unpaired) electrons. The van der Waals surface area contributed by atoms with Gasteiger partial charge in [-0.1, -0.05) is 18.6 Å². The third kappa shape index (κ3) is 2.95. The average molecular weight is 290 g/mol. The Labute approximate surface area is 125 Å². The standard InChI is InChI=1S/C17H23FN2O/c18-15-6-1-5-14(10-15)17(7-3-8-17)16(21)20-12-13-4-2-9-19-11-13/h1,5-6,10,13,19H,2-4,7-9,11-12H2,(H,20,21)/t13-/m1/s1. The molecule has 2 aliphatic rings. The van der Waals surface area contributed by atoms with Crippen LogP contribution in [0, 0.1) is 11.7 Å². The maximum atomic E-state index is 13.5. The van der Waals surface area contributed by atoms with E-state index in [1.165, 1.54) is 25.0 Å². The largest absolute Gasteiger partial charge is 0.355 e. The van der Waals surface area contributed by atoms with Crippen molar-refractivity contribution < 1.29 is 9.18 Å². The molecule has 1 aliphatic carbocycles. The second-order valence-electron chi connectivity index (χ2n) is 6.37. The van der Waals surface area contributed by atoms with Crippen LogP contribution >= 0.6 is 0 Å². The van der Waals surface area contributed by atoms with Crippen LogP contribution in [0.25, 0.3) is 0 Å². The quantitative estimate of drug-likeness (QED) is 0.894. The summed E-state index contributed by atoms with van der Waals surface area (Å²) >= 11 is 0. The minimum Gasteiger partial charge on any atom is -0.355 e. The van der Waals surface area contributed by atoms with E-state index in [0.29, 0.717) is 5.92 Å². The molecule has 1 heterocycles. The van der Waals surface area contributed by atoms with E-state index < -0.39 is 5.41 Å². The first-order chi connectivity index (χ1) is 10.2. The van der Waals surface area contributed by atoms with Gasteiger partial charge in [0.1, 0.15) is 5.82 Å². The van der Waals surface area contributed by atoms with Gasteiger partial charge in [-0.3, -0.25) is 4.79 Å². The van der Waals surface area contributed by atoms with Crippen LogP contribution in [0.5, 0.6) is 0 Å². The summed E-state index contributed by atoms with van der Waals surface area (Å²) in [7, 11) is 0. The van der Waals surface area contributed by atoms with E-state index in [4.69, 9.17) is 0 Å². The van der Waals surface area contributed by atoms with Crippen LogP contribution in [0.3, 0.4) is 0 Å². The maximum absolute atomic E-state index is 13.5. The molecule has 1 aromatic carbocycles. The fraction of sp³-hybridized carbons (Fsp3) is 0.588. The molecule has 0 spiro atoms. The second-order valence-corrected chi connectivity index (χ2v) is 6.37. The van der Waals surface area contributed by atoms with Crippen LogP contribution in [0.2, 0.25) is 0 Å². The molecule has 2 fully saturated rings. The first-order valence-electron chi connectivity index (χ1n) is 7.96. The van der Waals surface area contributed by atoms with Gasteiger partial charge in [0.15, 0.2) is 0 Å². The van der Waals surface area contributed by atoms with Crippen molar-refractivity contribution in [2.24, 2.45) is 5.92 Å². The van der Waals surface area contributed by atoms with Gasteiger partial charge in [-0.2, -0.15) is 0 Å². The van der Waals surface area contributed by atoms with Crippen molar-refractivity contribution in [3.8, 4) is 0 Å². The van der Waals surface area contributed by atoms with Crippen molar-refractivity contribution in [2.45, 2.75) is 37.5 Å². The first-order valence-corrected chi connectivity index (χ1v) is 7.96. The zero-order valence-electron chi connectivity index (χ0n) is 12.3. The molecular formula is C17H23FN2O. The minimum atomic E-state index is -0.496. The van der Waals surface area contributed by atoms with Crippen molar-refractivity contribution in [1.29, 1.82) is 0 Å². The Morgan fingerprint density at radius 2 is 2.24 bits per heavy atom. The van der Waals surface area contributed by atoms with E-state index in [0.717, 1.165) is 44.5 Å². The summed E-state index contributed by atoms with van der Waals surface area (Å²) in [4.78, 5) is 12.6. The predicted molar refractivity (Wildman–Crippen MR) is 80.5 cm³/mol. The van der Waals surface area contributed by atoms with Crippen LogP contribution in [-0.4, -0.2) is 25.5 Å². The van der Waals surface area contributed by atoms with Gasteiger partial charge >= 0.3 is 0 Å². The van der Waals surface area contributed by atoms with Gasteiger partial charge in [0, 0.05) is 6.54 Å². The van der Waals surface area contributed by atoms with E-state index in [2.05, 4.69) is 10.6 Å². The number of hydrogen-bond acceptors (Lipinski definition) is 2. The number of rotatable bonds is 4. The Bertz CT molecular complexity index is 507.